The van der Waals surface area contributed by atoms with Crippen molar-refractivity contribution in [2.24, 2.45) is 17.8 Å². The Balaban J connectivity index is 1.37. The molecule has 33 heavy (non-hydrogen) atoms. The highest BCUT2D eigenvalue weighted by Crippen LogP contribution is 2.49. The third-order valence-corrected chi connectivity index (χ3v) is 8.17. The van der Waals surface area contributed by atoms with Crippen LogP contribution in [-0.2, 0) is 4.79 Å². The van der Waals surface area contributed by atoms with Crippen LogP contribution in [0, 0.1) is 17.8 Å². The van der Waals surface area contributed by atoms with Crippen molar-refractivity contribution in [2.75, 3.05) is 12.9 Å². The van der Waals surface area contributed by atoms with Gasteiger partial charge in [0.1, 0.15) is 5.75 Å². The topological polar surface area (TPSA) is 73.2 Å². The standard InChI is InChI=1S/C26H29N3O3S/c1-16(22-14-17-7-8-18(22)13-17)27-24(30)15-33-26-28-23-6-4-3-5-21(23)25(31)29(26)19-9-11-20(32-2)12-10-19/h3-6,9-12,16-18,22H,7-8,13-15H2,1-2H3,(H,27,30). The minimum Gasteiger partial charge on any atom is -0.497 e. The second kappa shape index (κ2) is 9.21. The highest BCUT2D eigenvalue weighted by Gasteiger charge is 2.42. The van der Waals surface area contributed by atoms with Crippen LogP contribution in [0.15, 0.2) is 58.5 Å². The van der Waals surface area contributed by atoms with Gasteiger partial charge in [0.2, 0.25) is 5.91 Å². The summed E-state index contributed by atoms with van der Waals surface area (Å²) in [5.74, 6) is 3.12. The van der Waals surface area contributed by atoms with Gasteiger partial charge in [-0.3, -0.25) is 14.2 Å². The van der Waals surface area contributed by atoms with Gasteiger partial charge in [-0.25, -0.2) is 4.98 Å². The van der Waals surface area contributed by atoms with Gasteiger partial charge in [0, 0.05) is 6.04 Å². The zero-order chi connectivity index (χ0) is 22.9. The predicted molar refractivity (Wildman–Crippen MR) is 131 cm³/mol. The first-order valence-corrected chi connectivity index (χ1v) is 12.6. The molecular formula is C26H29N3O3S. The Morgan fingerprint density at radius 3 is 2.67 bits per heavy atom. The quantitative estimate of drug-likeness (QED) is 0.415. The number of hydrogen-bond acceptors (Lipinski definition) is 5. The highest BCUT2D eigenvalue weighted by atomic mass is 32.2. The van der Waals surface area contributed by atoms with Gasteiger partial charge in [-0.15, -0.1) is 0 Å². The molecule has 2 aromatic carbocycles. The lowest BCUT2D eigenvalue weighted by atomic mass is 9.84. The second-order valence-electron chi connectivity index (χ2n) is 9.23. The van der Waals surface area contributed by atoms with Gasteiger partial charge >= 0.3 is 0 Å². The summed E-state index contributed by atoms with van der Waals surface area (Å²) in [5, 5.41) is 4.27. The Hall–Kier alpha value is -2.80. The van der Waals surface area contributed by atoms with E-state index >= 15 is 0 Å². The number of amides is 1. The fourth-order valence-corrected chi connectivity index (χ4v) is 6.43. The molecular weight excluding hydrogens is 434 g/mol. The fraction of sp³-hybridized carbons (Fsp3) is 0.423. The van der Waals surface area contributed by atoms with Crippen LogP contribution in [0.4, 0.5) is 0 Å². The fourth-order valence-electron chi connectivity index (χ4n) is 5.61. The van der Waals surface area contributed by atoms with Crippen LogP contribution >= 0.6 is 11.8 Å². The van der Waals surface area contributed by atoms with Crippen LogP contribution in [0.25, 0.3) is 16.6 Å². The van der Waals surface area contributed by atoms with E-state index in [0.29, 0.717) is 33.4 Å². The van der Waals surface area contributed by atoms with Crippen molar-refractivity contribution < 1.29 is 9.53 Å². The Morgan fingerprint density at radius 1 is 1.18 bits per heavy atom. The number of rotatable bonds is 7. The van der Waals surface area contributed by atoms with Crippen molar-refractivity contribution >= 4 is 28.6 Å². The third kappa shape index (κ3) is 4.38. The number of carbonyl (C=O) groups excluding carboxylic acids is 1. The minimum atomic E-state index is -0.149. The Labute approximate surface area is 197 Å². The van der Waals surface area contributed by atoms with Crippen LogP contribution in [0.2, 0.25) is 0 Å². The molecule has 0 aliphatic heterocycles. The lowest BCUT2D eigenvalue weighted by Crippen LogP contribution is -2.41. The van der Waals surface area contributed by atoms with E-state index in [1.54, 1.807) is 17.7 Å². The predicted octanol–water partition coefficient (Wildman–Crippen LogP) is 4.43. The van der Waals surface area contributed by atoms with Crippen molar-refractivity contribution in [1.29, 1.82) is 0 Å². The number of hydrogen-bond donors (Lipinski definition) is 1. The molecule has 172 valence electrons. The average Bonchev–Trinajstić information content (AvgIpc) is 3.47. The number of ether oxygens (including phenoxy) is 1. The minimum absolute atomic E-state index is 0.0149. The smallest absolute Gasteiger partial charge is 0.266 e. The van der Waals surface area contributed by atoms with Gasteiger partial charge in [0.25, 0.3) is 5.56 Å². The van der Waals surface area contributed by atoms with E-state index in [2.05, 4.69) is 12.2 Å². The summed E-state index contributed by atoms with van der Waals surface area (Å²) in [4.78, 5) is 30.9. The first kappa shape index (κ1) is 22.0. The maximum Gasteiger partial charge on any atom is 0.266 e. The largest absolute Gasteiger partial charge is 0.497 e. The first-order valence-electron chi connectivity index (χ1n) is 11.6. The highest BCUT2D eigenvalue weighted by molar-refractivity contribution is 7.99. The summed E-state index contributed by atoms with van der Waals surface area (Å²) in [7, 11) is 1.61. The summed E-state index contributed by atoms with van der Waals surface area (Å²) in [6.07, 6.45) is 5.23. The number of nitrogens with zero attached hydrogens (tertiary/aromatic N) is 2. The van der Waals surface area contributed by atoms with Gasteiger partial charge < -0.3 is 10.1 Å². The maximum atomic E-state index is 13.4. The summed E-state index contributed by atoms with van der Waals surface area (Å²) in [6.45, 7) is 2.13. The number of methoxy groups -OCH3 is 1. The molecule has 4 atom stereocenters. The van der Waals surface area contributed by atoms with E-state index in [9.17, 15) is 9.59 Å². The van der Waals surface area contributed by atoms with E-state index in [0.717, 1.165) is 11.8 Å². The Kier molecular flexibility index (Phi) is 6.15. The van der Waals surface area contributed by atoms with Crippen molar-refractivity contribution in [3.8, 4) is 11.4 Å². The number of aromatic nitrogens is 2. The molecule has 2 aliphatic carbocycles. The molecule has 6 nitrogen and oxygen atoms in total. The Bertz CT molecular complexity index is 1220. The number of nitrogens with one attached hydrogen (secondary N) is 1. The molecule has 5 rings (SSSR count). The molecule has 1 N–H and O–H groups in total. The molecule has 0 spiro atoms. The molecule has 0 radical (unpaired) electrons. The number of carbonyl (C=O) groups is 1. The molecule has 1 aromatic heterocycles. The lowest BCUT2D eigenvalue weighted by molar-refractivity contribution is -0.119. The summed E-state index contributed by atoms with van der Waals surface area (Å²) < 4.78 is 6.83. The number of para-hydroxylation sites is 1. The molecule has 2 fully saturated rings. The molecule has 2 saturated carbocycles. The molecule has 1 heterocycles. The summed E-state index contributed by atoms with van der Waals surface area (Å²) >= 11 is 1.30. The molecule has 7 heteroatoms. The van der Waals surface area contributed by atoms with E-state index in [4.69, 9.17) is 9.72 Å². The summed E-state index contributed by atoms with van der Waals surface area (Å²) in [5.41, 5.74) is 1.17. The van der Waals surface area contributed by atoms with Gasteiger partial charge in [-0.1, -0.05) is 30.3 Å². The molecule has 1 amide bonds. The zero-order valence-electron chi connectivity index (χ0n) is 19.0. The molecule has 2 aliphatic rings. The average molecular weight is 464 g/mol. The maximum absolute atomic E-state index is 13.4. The lowest BCUT2D eigenvalue weighted by Gasteiger charge is -2.28. The van der Waals surface area contributed by atoms with E-state index in [-0.39, 0.29) is 23.3 Å². The van der Waals surface area contributed by atoms with Gasteiger partial charge in [0.05, 0.1) is 29.5 Å². The zero-order valence-corrected chi connectivity index (χ0v) is 19.8. The molecule has 0 saturated heterocycles. The third-order valence-electron chi connectivity index (χ3n) is 7.23. The van der Waals surface area contributed by atoms with Crippen molar-refractivity contribution in [3.05, 3.63) is 58.9 Å². The van der Waals surface area contributed by atoms with Crippen LogP contribution < -0.4 is 15.6 Å². The summed E-state index contributed by atoms with van der Waals surface area (Å²) in [6, 6.07) is 14.8. The molecule has 4 unspecified atom stereocenters. The molecule has 2 bridgehead atoms. The van der Waals surface area contributed by atoms with Crippen LogP contribution in [0.3, 0.4) is 0 Å². The first-order chi connectivity index (χ1) is 16.0. The second-order valence-corrected chi connectivity index (χ2v) is 10.2. The normalized spacial score (nSPS) is 22.4. The SMILES string of the molecule is COc1ccc(-n2c(SCC(=O)NC(C)C3CC4CCC3C4)nc3ccccc3c2=O)cc1. The van der Waals surface area contributed by atoms with E-state index in [1.165, 1.54) is 37.4 Å². The molecule has 3 aromatic rings. The van der Waals surface area contributed by atoms with Crippen molar-refractivity contribution in [3.63, 3.8) is 0 Å². The number of benzene rings is 2. The van der Waals surface area contributed by atoms with Gasteiger partial charge in [-0.2, -0.15) is 0 Å². The van der Waals surface area contributed by atoms with Gasteiger partial charge in [-0.05, 0) is 80.3 Å². The van der Waals surface area contributed by atoms with Crippen molar-refractivity contribution in [1.82, 2.24) is 14.9 Å². The van der Waals surface area contributed by atoms with Crippen molar-refractivity contribution in [2.45, 2.75) is 43.8 Å². The Morgan fingerprint density at radius 2 is 1.97 bits per heavy atom. The van der Waals surface area contributed by atoms with Gasteiger partial charge in [0.15, 0.2) is 5.16 Å². The number of thioether (sulfide) groups is 1. The van der Waals surface area contributed by atoms with Crippen LogP contribution in [0.5, 0.6) is 5.75 Å². The monoisotopic (exact) mass is 463 g/mol. The van der Waals surface area contributed by atoms with E-state index < -0.39 is 0 Å². The van der Waals surface area contributed by atoms with E-state index in [1.807, 2.05) is 42.5 Å². The van der Waals surface area contributed by atoms with Crippen LogP contribution in [-0.4, -0.2) is 34.4 Å². The van der Waals surface area contributed by atoms with Crippen LogP contribution in [0.1, 0.15) is 32.6 Å². The number of fused-ring (bicyclic) bond motifs is 3.